The van der Waals surface area contributed by atoms with Crippen LogP contribution in [0.3, 0.4) is 0 Å². The van der Waals surface area contributed by atoms with E-state index in [-0.39, 0.29) is 68.5 Å². The molecular weight excluding hydrogens is 1920 g/mol. The van der Waals surface area contributed by atoms with E-state index in [1.165, 1.54) is 78.1 Å². The number of hydrogen-bond acceptors (Lipinski definition) is 21. The van der Waals surface area contributed by atoms with Crippen LogP contribution in [0.5, 0.6) is 17.2 Å². The Morgan fingerprint density at radius 3 is 0.965 bits per heavy atom. The number of carbonyl (C=O) groups is 6. The fourth-order valence-corrected chi connectivity index (χ4v) is 18.3. The van der Waals surface area contributed by atoms with Crippen molar-refractivity contribution in [3.63, 3.8) is 0 Å². The summed E-state index contributed by atoms with van der Waals surface area (Å²) in [6.07, 6.45) is -31.3. The third-order valence-electron chi connectivity index (χ3n) is 26.8. The Kier molecular flexibility index (Phi) is 30.8. The van der Waals surface area contributed by atoms with Gasteiger partial charge in [0.2, 0.25) is 0 Å². The number of carbonyl (C=O) groups excluding carboxylic acids is 6. The molecule has 7 fully saturated rings. The number of anilines is 3. The van der Waals surface area contributed by atoms with E-state index in [2.05, 4.69) is 4.90 Å². The van der Waals surface area contributed by atoms with Crippen molar-refractivity contribution in [3.8, 4) is 50.6 Å². The van der Waals surface area contributed by atoms with Gasteiger partial charge in [-0.1, -0.05) is 32.0 Å². The largest absolute Gasteiger partial charge is 0.496 e. The first-order valence-electron chi connectivity index (χ1n) is 45.6. The molecule has 9 heterocycles. The van der Waals surface area contributed by atoms with Crippen LogP contribution in [0.4, 0.5) is 111 Å². The lowest BCUT2D eigenvalue weighted by molar-refractivity contribution is -0.147. The molecule has 1 saturated carbocycles. The van der Waals surface area contributed by atoms with Crippen LogP contribution in [0.25, 0.3) is 33.4 Å². The molecule has 0 spiro atoms. The summed E-state index contributed by atoms with van der Waals surface area (Å²) in [5.41, 5.74) is -3.51. The summed E-state index contributed by atoms with van der Waals surface area (Å²) in [5.74, 6) is 2.42. The third-order valence-corrected chi connectivity index (χ3v) is 26.8. The zero-order chi connectivity index (χ0) is 104. The van der Waals surface area contributed by atoms with Gasteiger partial charge in [-0.2, -0.15) is 79.0 Å². The van der Waals surface area contributed by atoms with E-state index in [0.29, 0.717) is 140 Å². The quantitative estimate of drug-likeness (QED) is 0.0293. The molecular formula is C101H101F18N9O15. The summed E-state index contributed by atoms with van der Waals surface area (Å²) in [4.78, 5) is 100. The molecule has 0 N–H and O–H groups in total. The van der Waals surface area contributed by atoms with E-state index >= 15 is 0 Å². The van der Waals surface area contributed by atoms with E-state index in [9.17, 15) is 108 Å². The van der Waals surface area contributed by atoms with Gasteiger partial charge >= 0.3 is 73.2 Å². The van der Waals surface area contributed by atoms with Crippen LogP contribution >= 0.6 is 0 Å². The molecule has 16 rings (SSSR count). The van der Waals surface area contributed by atoms with Gasteiger partial charge in [-0.25, -0.2) is 29.3 Å². The molecule has 6 aliphatic heterocycles. The number of rotatable bonds is 25. The number of aromatic nitrogens is 3. The summed E-state index contributed by atoms with van der Waals surface area (Å²) in [6.45, 7) is 12.5. The molecule has 0 radical (unpaired) electrons. The number of nitrogens with zero attached hydrogens (tertiary/aromatic N) is 9. The topological polar surface area (TPSA) is 244 Å². The van der Waals surface area contributed by atoms with E-state index in [1.807, 2.05) is 78.2 Å². The summed E-state index contributed by atoms with van der Waals surface area (Å²) >= 11 is 0. The van der Waals surface area contributed by atoms with Crippen molar-refractivity contribution in [1.82, 2.24) is 29.7 Å². The molecule has 9 aromatic rings. The Bertz CT molecular complexity index is 6130. The molecule has 766 valence electrons. The summed E-state index contributed by atoms with van der Waals surface area (Å²) < 4.78 is 293. The summed E-state index contributed by atoms with van der Waals surface area (Å²) in [7, 11) is 8.48. The van der Waals surface area contributed by atoms with Gasteiger partial charge in [0.05, 0.1) is 150 Å². The number of ether oxygens (including phenoxy) is 9. The van der Waals surface area contributed by atoms with Gasteiger partial charge in [0.15, 0.2) is 0 Å². The molecule has 3 amide bonds. The Balaban J connectivity index is 0.000000170. The SMILES string of the molecule is COC(=O)C1CCC(c2ccc(OC)c(-c3ccc(N4CCC4)nc3CN3C(=O)O[C@H](c4cc(C(F)(F)F)cc(C(F)(F)F)c4)[C@@H]3C)c2)CC1.COC(=O)CC(C)(C)c1ccc(OC)c(-c2ccc(N3CCC3)nc2CN2C(=O)O[C@H](c3cc(C(F)(F)F)cc(C(F)(F)F)c3)[C@@H]2C)c1.COC(=O)Cc1ccc(OC)c(-c2ccc(N3CCC3)nc2CN2C(=O)O[C@H](c3cc(C(F)(F)F)cc(C(F)(F)F)c3)[C@@H]2C)c1. The lowest BCUT2D eigenvalue weighted by Gasteiger charge is -2.33. The molecule has 6 saturated heterocycles. The van der Waals surface area contributed by atoms with Crippen molar-refractivity contribution in [2.45, 2.75) is 197 Å². The summed E-state index contributed by atoms with van der Waals surface area (Å²) in [6, 6.07) is 28.2. The highest BCUT2D eigenvalue weighted by molar-refractivity contribution is 5.82. The number of pyridine rings is 3. The normalized spacial score (nSPS) is 19.9. The Labute approximate surface area is 809 Å². The predicted molar refractivity (Wildman–Crippen MR) is 483 cm³/mol. The number of hydrogen-bond donors (Lipinski definition) is 0. The average molecular weight is 2020 g/mol. The maximum Gasteiger partial charge on any atom is 0.416 e. The molecule has 0 unspecified atom stereocenters. The second kappa shape index (κ2) is 41.8. The van der Waals surface area contributed by atoms with Crippen LogP contribution in [0.2, 0.25) is 0 Å². The molecule has 6 atom stereocenters. The van der Waals surface area contributed by atoms with E-state index in [0.717, 1.165) is 82.5 Å². The highest BCUT2D eigenvalue weighted by Gasteiger charge is 2.49. The fraction of sp³-hybridized carbons (Fsp3) is 0.436. The highest BCUT2D eigenvalue weighted by atomic mass is 19.4. The molecule has 0 bridgehead atoms. The number of halogens is 18. The second-order valence-corrected chi connectivity index (χ2v) is 36.4. The number of cyclic esters (lactones) is 3. The Morgan fingerprint density at radius 1 is 0.350 bits per heavy atom. The monoisotopic (exact) mass is 2020 g/mol. The average Bonchev–Trinajstić information content (AvgIpc) is 1.69. The van der Waals surface area contributed by atoms with Crippen molar-refractivity contribution in [3.05, 3.63) is 229 Å². The van der Waals surface area contributed by atoms with Gasteiger partial charge in [0.1, 0.15) is 53.0 Å². The Hall–Kier alpha value is -13.5. The fourth-order valence-electron chi connectivity index (χ4n) is 18.3. The van der Waals surface area contributed by atoms with Crippen LogP contribution in [0.15, 0.2) is 146 Å². The van der Waals surface area contributed by atoms with Crippen LogP contribution < -0.4 is 28.9 Å². The van der Waals surface area contributed by atoms with E-state index in [4.69, 9.17) is 57.6 Å². The highest BCUT2D eigenvalue weighted by Crippen LogP contribution is 2.51. The molecule has 42 heteroatoms. The third kappa shape index (κ3) is 23.6. The van der Waals surface area contributed by atoms with Crippen LogP contribution in [-0.2, 0) is 111 Å². The van der Waals surface area contributed by atoms with Gasteiger partial charge in [0, 0.05) is 78.1 Å². The standard InChI is InChI=1S/C36H37F6N3O5.C34H35F6N3O5.C31H29F6N3O5/c1-20-32(24-15-25(35(37,38)39)18-26(16-24)36(40,41)42)50-34(47)45(20)19-29-27(10-12-31(43-29)44-13-4-14-44)28-17-23(9-11-30(28)48-2)21-5-7-22(8-6-21)33(46)49-3;1-19-30(20-13-22(33(35,36)37)15-23(14-20)34(38,39)40)48-31(45)43(19)18-26-24(8-10-28(41-26)42-11-6-12-42)25-16-21(7-9-27(25)46-4)32(2,3)17-29(44)47-5;1-17-28(19-13-20(30(32,33)34)15-21(14-19)31(35,36)37)45-29(42)40(17)16-24-22(6-8-26(38-24)39-9-4-10-39)23-11-18(12-27(41)44-3)5-7-25(23)43-2/h9-12,15-18,20-22,32H,4-8,13-14,19H2,1-3H3;7-10,13-16,19,30H,6,11-12,17-18H2,1-5H3;5-8,11,13-15,17,28H,4,9-10,12,16H2,1-3H3/t20-,21?,22?,32-;19-,30-;17-,28-/m000/s1. The van der Waals surface area contributed by atoms with E-state index < -0.39 is 159 Å². The predicted octanol–water partition coefficient (Wildman–Crippen LogP) is 23.3. The van der Waals surface area contributed by atoms with Crippen molar-refractivity contribution in [2.24, 2.45) is 5.92 Å². The number of benzene rings is 6. The number of amides is 3. The van der Waals surface area contributed by atoms with Crippen LogP contribution in [0.1, 0.15) is 194 Å². The van der Waals surface area contributed by atoms with Gasteiger partial charge in [-0.05, 0) is 232 Å². The molecule has 7 aliphatic rings. The van der Waals surface area contributed by atoms with Gasteiger partial charge in [-0.3, -0.25) is 29.1 Å². The smallest absolute Gasteiger partial charge is 0.416 e. The van der Waals surface area contributed by atoms with Gasteiger partial charge in [-0.15, -0.1) is 0 Å². The molecule has 6 aromatic carbocycles. The number of alkyl halides is 18. The molecule has 143 heavy (non-hydrogen) atoms. The lowest BCUT2D eigenvalue weighted by atomic mass is 9.78. The van der Waals surface area contributed by atoms with Gasteiger partial charge < -0.3 is 57.3 Å². The van der Waals surface area contributed by atoms with Crippen molar-refractivity contribution < 1.29 is 150 Å². The van der Waals surface area contributed by atoms with Crippen LogP contribution in [0, 0.1) is 5.92 Å². The zero-order valence-corrected chi connectivity index (χ0v) is 79.2. The van der Waals surface area contributed by atoms with E-state index in [1.54, 1.807) is 36.4 Å². The first-order chi connectivity index (χ1) is 67.3. The first kappa shape index (κ1) is 105. The van der Waals surface area contributed by atoms with Crippen molar-refractivity contribution >= 4 is 53.6 Å². The second-order valence-electron chi connectivity index (χ2n) is 36.4. The minimum atomic E-state index is -5.06. The van der Waals surface area contributed by atoms with Gasteiger partial charge in [0.25, 0.3) is 0 Å². The van der Waals surface area contributed by atoms with Crippen molar-refractivity contribution in [2.75, 3.05) is 96.6 Å². The lowest BCUT2D eigenvalue weighted by Crippen LogP contribution is -2.38. The first-order valence-corrected chi connectivity index (χ1v) is 45.6. The Morgan fingerprint density at radius 2 is 0.664 bits per heavy atom. The minimum Gasteiger partial charge on any atom is -0.496 e. The zero-order valence-electron chi connectivity index (χ0n) is 79.2. The maximum atomic E-state index is 13.7. The van der Waals surface area contributed by atoms with Crippen LogP contribution in [-0.4, -0.2) is 166 Å². The molecule has 3 aromatic heterocycles. The number of methoxy groups -OCH3 is 6. The van der Waals surface area contributed by atoms with Crippen molar-refractivity contribution in [1.29, 1.82) is 0 Å². The number of esters is 3. The minimum absolute atomic E-state index is 0.0177. The molecule has 1 aliphatic carbocycles. The molecule has 24 nitrogen and oxygen atoms in total. The maximum absolute atomic E-state index is 13.7. The summed E-state index contributed by atoms with van der Waals surface area (Å²) in [5, 5.41) is 0.